The minimum Gasteiger partial charge on any atom is -0.366 e. The molecule has 0 saturated carbocycles. The highest BCUT2D eigenvalue weighted by molar-refractivity contribution is 7.80. The lowest BCUT2D eigenvalue weighted by Gasteiger charge is -2.08. The summed E-state index contributed by atoms with van der Waals surface area (Å²) in [5, 5.41) is 8.87. The molecule has 6 heteroatoms. The number of thiocarbonyl (C=S) groups is 1. The predicted molar refractivity (Wildman–Crippen MR) is 68.4 cm³/mol. The largest absolute Gasteiger partial charge is 0.366 e. The molecule has 0 aliphatic heterocycles. The Kier molecular flexibility index (Phi) is 5.35. The van der Waals surface area contributed by atoms with Gasteiger partial charge in [0.1, 0.15) is 5.82 Å². The molecule has 0 unspecified atom stereocenters. The van der Waals surface area contributed by atoms with Crippen LogP contribution in [0.3, 0.4) is 0 Å². The van der Waals surface area contributed by atoms with Crippen LogP contribution < -0.4 is 16.0 Å². The maximum absolute atomic E-state index is 12.6. The van der Waals surface area contributed by atoms with Crippen LogP contribution in [0.15, 0.2) is 24.3 Å². The minimum atomic E-state index is -0.359. The van der Waals surface area contributed by atoms with Gasteiger partial charge in [0.25, 0.3) is 5.91 Å². The van der Waals surface area contributed by atoms with Crippen molar-refractivity contribution >= 4 is 23.2 Å². The fourth-order valence-corrected chi connectivity index (χ4v) is 1.25. The second kappa shape index (κ2) is 6.80. The van der Waals surface area contributed by atoms with Crippen molar-refractivity contribution in [1.82, 2.24) is 16.0 Å². The van der Waals surface area contributed by atoms with Crippen molar-refractivity contribution in [2.75, 3.05) is 20.1 Å². The van der Waals surface area contributed by atoms with E-state index in [0.717, 1.165) is 0 Å². The zero-order valence-corrected chi connectivity index (χ0v) is 10.2. The number of halogens is 1. The first-order chi connectivity index (χ1) is 8.13. The third-order valence-electron chi connectivity index (χ3n) is 2.03. The van der Waals surface area contributed by atoms with Crippen molar-refractivity contribution in [1.29, 1.82) is 0 Å². The first-order valence-corrected chi connectivity index (χ1v) is 5.53. The fourth-order valence-electron chi connectivity index (χ4n) is 1.14. The average molecular weight is 255 g/mol. The second-order valence-electron chi connectivity index (χ2n) is 3.27. The monoisotopic (exact) mass is 255 g/mol. The molecule has 0 fully saturated rings. The molecule has 0 aromatic heterocycles. The molecule has 0 spiro atoms. The van der Waals surface area contributed by atoms with Gasteiger partial charge in [-0.1, -0.05) is 0 Å². The molecule has 0 heterocycles. The number of benzene rings is 1. The summed E-state index contributed by atoms with van der Waals surface area (Å²) in [6.45, 7) is 0.977. The standard InChI is InChI=1S/C11H14FN3OS/c1-13-11(17)15-7-6-14-10(16)8-2-4-9(12)5-3-8/h2-5H,6-7H2,1H3,(H,14,16)(H2,13,15,17). The van der Waals surface area contributed by atoms with Crippen molar-refractivity contribution in [3.8, 4) is 0 Å². The topological polar surface area (TPSA) is 53.2 Å². The van der Waals surface area contributed by atoms with Crippen molar-refractivity contribution in [3.05, 3.63) is 35.6 Å². The summed E-state index contributed by atoms with van der Waals surface area (Å²) in [6, 6.07) is 5.39. The van der Waals surface area contributed by atoms with Crippen LogP contribution in [0.4, 0.5) is 4.39 Å². The van der Waals surface area contributed by atoms with Gasteiger partial charge in [-0.3, -0.25) is 4.79 Å². The molecule has 0 aliphatic carbocycles. The van der Waals surface area contributed by atoms with E-state index in [0.29, 0.717) is 23.8 Å². The predicted octanol–water partition coefficient (Wildman–Crippen LogP) is 0.649. The molecule has 0 aliphatic rings. The lowest BCUT2D eigenvalue weighted by Crippen LogP contribution is -2.38. The summed E-state index contributed by atoms with van der Waals surface area (Å²) in [4.78, 5) is 11.6. The number of rotatable bonds is 4. The van der Waals surface area contributed by atoms with Gasteiger partial charge in [-0.05, 0) is 36.5 Å². The normalized spacial score (nSPS) is 9.53. The van der Waals surface area contributed by atoms with Crippen molar-refractivity contribution in [2.45, 2.75) is 0 Å². The minimum absolute atomic E-state index is 0.234. The molecule has 1 aromatic carbocycles. The zero-order chi connectivity index (χ0) is 12.7. The quantitative estimate of drug-likeness (QED) is 0.546. The summed E-state index contributed by atoms with van der Waals surface area (Å²) < 4.78 is 12.6. The van der Waals surface area contributed by atoms with E-state index in [2.05, 4.69) is 16.0 Å². The van der Waals surface area contributed by atoms with Crippen LogP contribution in [0.2, 0.25) is 0 Å². The van der Waals surface area contributed by atoms with Gasteiger partial charge in [-0.25, -0.2) is 4.39 Å². The molecule has 0 atom stereocenters. The van der Waals surface area contributed by atoms with Crippen LogP contribution in [0, 0.1) is 5.82 Å². The van der Waals surface area contributed by atoms with Crippen LogP contribution in [0.25, 0.3) is 0 Å². The lowest BCUT2D eigenvalue weighted by atomic mass is 10.2. The van der Waals surface area contributed by atoms with E-state index in [1.807, 2.05) is 0 Å². The highest BCUT2D eigenvalue weighted by atomic mass is 32.1. The van der Waals surface area contributed by atoms with E-state index >= 15 is 0 Å². The summed E-state index contributed by atoms with van der Waals surface area (Å²) in [5.74, 6) is -0.593. The van der Waals surface area contributed by atoms with Gasteiger partial charge in [-0.15, -0.1) is 0 Å². The Morgan fingerprint density at radius 3 is 2.41 bits per heavy atom. The molecular formula is C11H14FN3OS. The SMILES string of the molecule is CNC(=S)NCCNC(=O)c1ccc(F)cc1. The fraction of sp³-hybridized carbons (Fsp3) is 0.273. The molecule has 3 N–H and O–H groups in total. The van der Waals surface area contributed by atoms with Gasteiger partial charge in [0.15, 0.2) is 5.11 Å². The number of hydrogen-bond donors (Lipinski definition) is 3. The summed E-state index contributed by atoms with van der Waals surface area (Å²) in [5.41, 5.74) is 0.433. The first kappa shape index (κ1) is 13.4. The first-order valence-electron chi connectivity index (χ1n) is 5.13. The van der Waals surface area contributed by atoms with Crippen LogP contribution in [-0.2, 0) is 0 Å². The number of hydrogen-bond acceptors (Lipinski definition) is 2. The summed E-state index contributed by atoms with van der Waals surface area (Å²) >= 11 is 4.87. The van der Waals surface area contributed by atoms with Crippen molar-refractivity contribution < 1.29 is 9.18 Å². The van der Waals surface area contributed by atoms with Gasteiger partial charge in [0.2, 0.25) is 0 Å². The van der Waals surface area contributed by atoms with Crippen LogP contribution >= 0.6 is 12.2 Å². The molecule has 1 aromatic rings. The molecule has 0 radical (unpaired) electrons. The number of amides is 1. The summed E-state index contributed by atoms with van der Waals surface area (Å²) in [7, 11) is 1.71. The molecular weight excluding hydrogens is 241 g/mol. The van der Waals surface area contributed by atoms with Crippen LogP contribution in [-0.4, -0.2) is 31.2 Å². The molecule has 0 saturated heterocycles. The molecule has 4 nitrogen and oxygen atoms in total. The number of nitrogens with one attached hydrogen (secondary N) is 3. The third-order valence-corrected chi connectivity index (χ3v) is 2.38. The smallest absolute Gasteiger partial charge is 0.251 e. The van der Waals surface area contributed by atoms with Crippen LogP contribution in [0.1, 0.15) is 10.4 Å². The van der Waals surface area contributed by atoms with Gasteiger partial charge in [0.05, 0.1) is 0 Å². The Morgan fingerprint density at radius 2 is 1.82 bits per heavy atom. The maximum Gasteiger partial charge on any atom is 0.251 e. The molecule has 1 rings (SSSR count). The van der Waals surface area contributed by atoms with Crippen LogP contribution in [0.5, 0.6) is 0 Å². The van der Waals surface area contributed by atoms with Gasteiger partial charge in [0, 0.05) is 25.7 Å². The van der Waals surface area contributed by atoms with Gasteiger partial charge >= 0.3 is 0 Å². The van der Waals surface area contributed by atoms with Crippen molar-refractivity contribution in [3.63, 3.8) is 0 Å². The van der Waals surface area contributed by atoms with Gasteiger partial charge in [-0.2, -0.15) is 0 Å². The maximum atomic E-state index is 12.6. The molecule has 0 bridgehead atoms. The average Bonchev–Trinajstić information content (AvgIpc) is 2.34. The van der Waals surface area contributed by atoms with E-state index < -0.39 is 0 Å². The Balaban J connectivity index is 2.30. The zero-order valence-electron chi connectivity index (χ0n) is 9.42. The second-order valence-corrected chi connectivity index (χ2v) is 3.68. The van der Waals surface area contributed by atoms with E-state index in [9.17, 15) is 9.18 Å². The molecule has 92 valence electrons. The molecule has 17 heavy (non-hydrogen) atoms. The summed E-state index contributed by atoms with van der Waals surface area (Å²) in [6.07, 6.45) is 0. The highest BCUT2D eigenvalue weighted by Gasteiger charge is 2.04. The Labute approximate surface area is 105 Å². The lowest BCUT2D eigenvalue weighted by molar-refractivity contribution is 0.0954. The Bertz CT molecular complexity index is 394. The molecule has 1 amide bonds. The van der Waals surface area contributed by atoms with Crippen molar-refractivity contribution in [2.24, 2.45) is 0 Å². The van der Waals surface area contributed by atoms with E-state index in [4.69, 9.17) is 12.2 Å². The number of carbonyl (C=O) groups is 1. The Morgan fingerprint density at radius 1 is 1.24 bits per heavy atom. The third kappa shape index (κ3) is 4.78. The number of carbonyl (C=O) groups excluding carboxylic acids is 1. The van der Waals surface area contributed by atoms with E-state index in [1.54, 1.807) is 7.05 Å². The van der Waals surface area contributed by atoms with E-state index in [1.165, 1.54) is 24.3 Å². The Hall–Kier alpha value is -1.69. The highest BCUT2D eigenvalue weighted by Crippen LogP contribution is 2.01. The van der Waals surface area contributed by atoms with E-state index in [-0.39, 0.29) is 11.7 Å². The van der Waals surface area contributed by atoms with Gasteiger partial charge < -0.3 is 16.0 Å².